The first-order valence-electron chi connectivity index (χ1n) is 8.18. The Morgan fingerprint density at radius 3 is 2.07 bits per heavy atom. The SMILES string of the molecule is COc1ccc(C(=O)Nc2ccc(NC(=O)c3ccccc3)c(Cl)c2)cc1. The molecule has 0 aromatic heterocycles. The molecule has 0 atom stereocenters. The molecule has 5 nitrogen and oxygen atoms in total. The van der Waals surface area contributed by atoms with E-state index < -0.39 is 0 Å². The summed E-state index contributed by atoms with van der Waals surface area (Å²) in [7, 11) is 1.56. The molecule has 0 saturated heterocycles. The molecule has 0 aliphatic carbocycles. The summed E-state index contributed by atoms with van der Waals surface area (Å²) in [5.74, 6) is 0.149. The predicted molar refractivity (Wildman–Crippen MR) is 107 cm³/mol. The van der Waals surface area contributed by atoms with E-state index in [1.807, 2.05) is 6.07 Å². The zero-order valence-corrected chi connectivity index (χ0v) is 15.3. The van der Waals surface area contributed by atoms with Crippen LogP contribution in [0, 0.1) is 0 Å². The Bertz CT molecular complexity index is 957. The molecule has 136 valence electrons. The highest BCUT2D eigenvalue weighted by Gasteiger charge is 2.11. The van der Waals surface area contributed by atoms with E-state index in [0.717, 1.165) is 0 Å². The number of ether oxygens (including phenoxy) is 1. The summed E-state index contributed by atoms with van der Waals surface area (Å²) >= 11 is 6.25. The lowest BCUT2D eigenvalue weighted by Gasteiger charge is -2.10. The molecule has 0 fully saturated rings. The predicted octanol–water partition coefficient (Wildman–Crippen LogP) is 4.85. The lowest BCUT2D eigenvalue weighted by Crippen LogP contribution is -2.13. The van der Waals surface area contributed by atoms with Crippen LogP contribution in [0.2, 0.25) is 5.02 Å². The van der Waals surface area contributed by atoms with Gasteiger partial charge in [0.1, 0.15) is 5.75 Å². The zero-order valence-electron chi connectivity index (χ0n) is 14.5. The van der Waals surface area contributed by atoms with Gasteiger partial charge in [-0.25, -0.2) is 0 Å². The molecule has 0 unspecified atom stereocenters. The van der Waals surface area contributed by atoms with E-state index in [9.17, 15) is 9.59 Å². The molecular weight excluding hydrogens is 364 g/mol. The van der Waals surface area contributed by atoms with Crippen molar-refractivity contribution in [2.45, 2.75) is 0 Å². The lowest BCUT2D eigenvalue weighted by molar-refractivity contribution is 0.101. The second-order valence-corrected chi connectivity index (χ2v) is 6.10. The van der Waals surface area contributed by atoms with Crippen LogP contribution in [0.5, 0.6) is 5.75 Å². The maximum absolute atomic E-state index is 12.3. The molecule has 3 rings (SSSR count). The van der Waals surface area contributed by atoms with Gasteiger partial charge in [-0.3, -0.25) is 9.59 Å². The van der Waals surface area contributed by atoms with Crippen LogP contribution in [0.3, 0.4) is 0 Å². The molecule has 0 aliphatic heterocycles. The second-order valence-electron chi connectivity index (χ2n) is 5.70. The van der Waals surface area contributed by atoms with Crippen molar-refractivity contribution < 1.29 is 14.3 Å². The molecule has 0 bridgehead atoms. The molecule has 0 heterocycles. The van der Waals surface area contributed by atoms with Crippen LogP contribution in [0.4, 0.5) is 11.4 Å². The van der Waals surface area contributed by atoms with Crippen molar-refractivity contribution in [2.24, 2.45) is 0 Å². The van der Waals surface area contributed by atoms with Gasteiger partial charge in [0, 0.05) is 16.8 Å². The fraction of sp³-hybridized carbons (Fsp3) is 0.0476. The van der Waals surface area contributed by atoms with E-state index in [4.69, 9.17) is 16.3 Å². The van der Waals surface area contributed by atoms with Gasteiger partial charge in [0.25, 0.3) is 11.8 Å². The third-order valence-electron chi connectivity index (χ3n) is 3.86. The topological polar surface area (TPSA) is 67.4 Å². The van der Waals surface area contributed by atoms with Gasteiger partial charge in [0.05, 0.1) is 17.8 Å². The van der Waals surface area contributed by atoms with Gasteiger partial charge in [-0.15, -0.1) is 0 Å². The van der Waals surface area contributed by atoms with Gasteiger partial charge < -0.3 is 15.4 Å². The molecule has 0 spiro atoms. The summed E-state index contributed by atoms with van der Waals surface area (Å²) in [6, 6.07) is 20.5. The first kappa shape index (κ1) is 18.5. The van der Waals surface area contributed by atoms with Gasteiger partial charge in [-0.1, -0.05) is 29.8 Å². The third-order valence-corrected chi connectivity index (χ3v) is 4.18. The molecule has 3 aromatic rings. The van der Waals surface area contributed by atoms with Gasteiger partial charge in [0.15, 0.2) is 0 Å². The molecular formula is C21H17ClN2O3. The third kappa shape index (κ3) is 4.65. The minimum atomic E-state index is -0.269. The molecule has 0 aliphatic rings. The largest absolute Gasteiger partial charge is 0.497 e. The van der Waals surface area contributed by atoms with Gasteiger partial charge >= 0.3 is 0 Å². The number of anilines is 2. The van der Waals surface area contributed by atoms with Gasteiger partial charge in [-0.2, -0.15) is 0 Å². The van der Waals surface area contributed by atoms with Crippen molar-refractivity contribution in [3.8, 4) is 5.75 Å². The fourth-order valence-corrected chi connectivity index (χ4v) is 2.65. The maximum atomic E-state index is 12.3. The minimum Gasteiger partial charge on any atom is -0.497 e. The number of rotatable bonds is 5. The van der Waals surface area contributed by atoms with Crippen LogP contribution in [0.15, 0.2) is 72.8 Å². The normalized spacial score (nSPS) is 10.1. The first-order valence-corrected chi connectivity index (χ1v) is 8.56. The average Bonchev–Trinajstić information content (AvgIpc) is 2.70. The number of hydrogen-bond donors (Lipinski definition) is 2. The van der Waals surface area contributed by atoms with E-state index in [1.54, 1.807) is 73.8 Å². The number of benzene rings is 3. The van der Waals surface area contributed by atoms with Crippen molar-refractivity contribution in [1.29, 1.82) is 0 Å². The van der Waals surface area contributed by atoms with E-state index in [-0.39, 0.29) is 11.8 Å². The second kappa shape index (κ2) is 8.38. The van der Waals surface area contributed by atoms with Crippen LogP contribution >= 0.6 is 11.6 Å². The van der Waals surface area contributed by atoms with Crippen molar-refractivity contribution in [3.05, 3.63) is 88.9 Å². The molecule has 6 heteroatoms. The maximum Gasteiger partial charge on any atom is 0.255 e. The van der Waals surface area contributed by atoms with Crippen LogP contribution in [-0.4, -0.2) is 18.9 Å². The number of amides is 2. The highest BCUT2D eigenvalue weighted by atomic mass is 35.5. The molecule has 0 saturated carbocycles. The van der Waals surface area contributed by atoms with Crippen molar-refractivity contribution in [1.82, 2.24) is 0 Å². The smallest absolute Gasteiger partial charge is 0.255 e. The average molecular weight is 381 g/mol. The number of nitrogens with one attached hydrogen (secondary N) is 2. The Morgan fingerprint density at radius 2 is 1.44 bits per heavy atom. The lowest BCUT2D eigenvalue weighted by atomic mass is 10.2. The number of methoxy groups -OCH3 is 1. The standard InChI is InChI=1S/C21H17ClN2O3/c1-27-17-10-7-15(8-11-17)20(25)23-16-9-12-19(18(22)13-16)24-21(26)14-5-3-2-4-6-14/h2-13H,1H3,(H,23,25)(H,24,26). The highest BCUT2D eigenvalue weighted by Crippen LogP contribution is 2.26. The Kier molecular flexibility index (Phi) is 5.74. The minimum absolute atomic E-state index is 0.257. The van der Waals surface area contributed by atoms with E-state index >= 15 is 0 Å². The fourth-order valence-electron chi connectivity index (χ4n) is 2.42. The summed E-state index contributed by atoms with van der Waals surface area (Å²) in [5.41, 5.74) is 2.02. The highest BCUT2D eigenvalue weighted by molar-refractivity contribution is 6.34. The van der Waals surface area contributed by atoms with Gasteiger partial charge in [0.2, 0.25) is 0 Å². The molecule has 27 heavy (non-hydrogen) atoms. The monoisotopic (exact) mass is 380 g/mol. The molecule has 3 aromatic carbocycles. The Balaban J connectivity index is 1.68. The van der Waals surface area contributed by atoms with Crippen molar-refractivity contribution >= 4 is 34.8 Å². The summed E-state index contributed by atoms with van der Waals surface area (Å²) in [6.45, 7) is 0. The van der Waals surface area contributed by atoms with Crippen LogP contribution in [0.25, 0.3) is 0 Å². The number of halogens is 1. The quantitative estimate of drug-likeness (QED) is 0.664. The summed E-state index contributed by atoms with van der Waals surface area (Å²) < 4.78 is 5.08. The Labute approximate surface area is 161 Å². The molecule has 2 amide bonds. The molecule has 2 N–H and O–H groups in total. The summed E-state index contributed by atoms with van der Waals surface area (Å²) in [4.78, 5) is 24.5. The van der Waals surface area contributed by atoms with E-state index in [0.29, 0.717) is 33.3 Å². The first-order chi connectivity index (χ1) is 13.1. The number of carbonyl (C=O) groups excluding carboxylic acids is 2. The number of carbonyl (C=O) groups is 2. The van der Waals surface area contributed by atoms with Crippen molar-refractivity contribution in [3.63, 3.8) is 0 Å². The van der Waals surface area contributed by atoms with Gasteiger partial charge in [-0.05, 0) is 54.6 Å². The van der Waals surface area contributed by atoms with Crippen molar-refractivity contribution in [2.75, 3.05) is 17.7 Å². The van der Waals surface area contributed by atoms with Crippen LogP contribution in [0.1, 0.15) is 20.7 Å². The Morgan fingerprint density at radius 1 is 0.815 bits per heavy atom. The summed E-state index contributed by atoms with van der Waals surface area (Å²) in [6.07, 6.45) is 0. The van der Waals surface area contributed by atoms with Crippen LogP contribution in [-0.2, 0) is 0 Å². The van der Waals surface area contributed by atoms with E-state index in [1.165, 1.54) is 0 Å². The zero-order chi connectivity index (χ0) is 19.2. The van der Waals surface area contributed by atoms with Crippen LogP contribution < -0.4 is 15.4 Å². The number of hydrogen-bond acceptors (Lipinski definition) is 3. The van der Waals surface area contributed by atoms with E-state index in [2.05, 4.69) is 10.6 Å². The summed E-state index contributed by atoms with van der Waals surface area (Å²) in [5, 5.41) is 5.85. The Hall–Kier alpha value is -3.31. The molecule has 0 radical (unpaired) electrons.